The fourth-order valence-electron chi connectivity index (χ4n) is 2.90. The summed E-state index contributed by atoms with van der Waals surface area (Å²) in [5.41, 5.74) is 0.716. The van der Waals surface area contributed by atoms with E-state index in [1.54, 1.807) is 30.1 Å². The number of aromatic nitrogens is 1. The topological polar surface area (TPSA) is 53.5 Å². The summed E-state index contributed by atoms with van der Waals surface area (Å²) in [6.07, 6.45) is 4.20. The predicted octanol–water partition coefficient (Wildman–Crippen LogP) is 2.83. The molecule has 5 heteroatoms. The van der Waals surface area contributed by atoms with Gasteiger partial charge in [0.15, 0.2) is 0 Å². The molecule has 1 fully saturated rings. The van der Waals surface area contributed by atoms with Gasteiger partial charge >= 0.3 is 0 Å². The highest BCUT2D eigenvalue weighted by Gasteiger charge is 2.24. The van der Waals surface area contributed by atoms with E-state index in [0.717, 1.165) is 38.8 Å². The van der Waals surface area contributed by atoms with Crippen LogP contribution < -0.4 is 0 Å². The van der Waals surface area contributed by atoms with E-state index >= 15 is 0 Å². The highest BCUT2D eigenvalue weighted by Crippen LogP contribution is 2.17. The van der Waals surface area contributed by atoms with Crippen molar-refractivity contribution in [3.8, 4) is 0 Å². The van der Waals surface area contributed by atoms with Crippen molar-refractivity contribution in [2.24, 2.45) is 5.92 Å². The monoisotopic (exact) mass is 317 g/mol. The molecule has 2 heterocycles. The molecule has 23 heavy (non-hydrogen) atoms. The molecule has 0 spiro atoms. The lowest BCUT2D eigenvalue weighted by Gasteiger charge is -2.30. The first-order valence-electron chi connectivity index (χ1n) is 8.54. The fourth-order valence-corrected chi connectivity index (χ4v) is 2.90. The summed E-state index contributed by atoms with van der Waals surface area (Å²) in [5.74, 6) is 0.334. The average Bonchev–Trinajstić information content (AvgIpc) is 2.58. The SMILES string of the molecule is CCCCN(C)C(=O)c1cccc(C(=O)N2CCCC(C)C2)n1. The Balaban J connectivity index is 2.09. The molecule has 2 rings (SSSR count). The van der Waals surface area contributed by atoms with Crippen LogP contribution in [0.1, 0.15) is 60.5 Å². The molecule has 1 atom stereocenters. The summed E-state index contributed by atoms with van der Waals surface area (Å²) in [5, 5.41) is 0. The van der Waals surface area contributed by atoms with Gasteiger partial charge in [-0.1, -0.05) is 26.3 Å². The van der Waals surface area contributed by atoms with Gasteiger partial charge in [-0.15, -0.1) is 0 Å². The number of hydrogen-bond donors (Lipinski definition) is 0. The van der Waals surface area contributed by atoms with Gasteiger partial charge in [0.1, 0.15) is 11.4 Å². The number of piperidine rings is 1. The van der Waals surface area contributed by atoms with Crippen LogP contribution in [0, 0.1) is 5.92 Å². The van der Waals surface area contributed by atoms with E-state index in [2.05, 4.69) is 18.8 Å². The number of likely N-dealkylation sites (tertiary alicyclic amines) is 1. The second-order valence-corrected chi connectivity index (χ2v) is 6.49. The first-order chi connectivity index (χ1) is 11.0. The minimum Gasteiger partial charge on any atom is -0.340 e. The number of unbranched alkanes of at least 4 members (excludes halogenated alkanes) is 1. The lowest BCUT2D eigenvalue weighted by atomic mass is 10.00. The Morgan fingerprint density at radius 1 is 1.35 bits per heavy atom. The molecule has 0 bridgehead atoms. The van der Waals surface area contributed by atoms with E-state index < -0.39 is 0 Å². The van der Waals surface area contributed by atoms with E-state index in [1.807, 2.05) is 4.90 Å². The smallest absolute Gasteiger partial charge is 0.272 e. The summed E-state index contributed by atoms with van der Waals surface area (Å²) in [4.78, 5) is 32.8. The van der Waals surface area contributed by atoms with Crippen LogP contribution in [0.2, 0.25) is 0 Å². The van der Waals surface area contributed by atoms with Gasteiger partial charge in [-0.25, -0.2) is 4.98 Å². The van der Waals surface area contributed by atoms with Crippen LogP contribution in [-0.4, -0.2) is 53.3 Å². The second kappa shape index (κ2) is 8.09. The van der Waals surface area contributed by atoms with Gasteiger partial charge in [-0.05, 0) is 37.3 Å². The van der Waals surface area contributed by atoms with E-state index in [-0.39, 0.29) is 11.8 Å². The van der Waals surface area contributed by atoms with Crippen molar-refractivity contribution in [1.82, 2.24) is 14.8 Å². The van der Waals surface area contributed by atoms with Crippen molar-refractivity contribution in [3.05, 3.63) is 29.6 Å². The molecule has 1 aromatic heterocycles. The molecule has 0 saturated carbocycles. The molecular formula is C18H27N3O2. The molecule has 1 aliphatic heterocycles. The summed E-state index contributed by atoms with van der Waals surface area (Å²) >= 11 is 0. The van der Waals surface area contributed by atoms with E-state index in [0.29, 0.717) is 23.9 Å². The quantitative estimate of drug-likeness (QED) is 0.839. The standard InChI is InChI=1S/C18H27N3O2/c1-4-5-11-20(3)17(22)15-9-6-10-16(19-15)18(23)21-12-7-8-14(2)13-21/h6,9-10,14H,4-5,7-8,11-13H2,1-3H3. The summed E-state index contributed by atoms with van der Waals surface area (Å²) in [6, 6.07) is 5.12. The van der Waals surface area contributed by atoms with Gasteiger partial charge in [0.05, 0.1) is 0 Å². The third-order valence-corrected chi connectivity index (χ3v) is 4.33. The van der Waals surface area contributed by atoms with Gasteiger partial charge in [-0.3, -0.25) is 9.59 Å². The van der Waals surface area contributed by atoms with Crippen molar-refractivity contribution in [2.45, 2.75) is 39.5 Å². The Kier molecular flexibility index (Phi) is 6.13. The van der Waals surface area contributed by atoms with Crippen LogP contribution in [-0.2, 0) is 0 Å². The zero-order chi connectivity index (χ0) is 16.8. The number of amides is 2. The number of nitrogens with zero attached hydrogens (tertiary/aromatic N) is 3. The van der Waals surface area contributed by atoms with Gasteiger partial charge in [0.25, 0.3) is 11.8 Å². The van der Waals surface area contributed by atoms with Crippen LogP contribution in [0.25, 0.3) is 0 Å². The normalized spacial score (nSPS) is 17.9. The minimum atomic E-state index is -0.125. The molecule has 126 valence electrons. The number of carbonyl (C=O) groups excluding carboxylic acids is 2. The van der Waals surface area contributed by atoms with Crippen LogP contribution in [0.15, 0.2) is 18.2 Å². The van der Waals surface area contributed by atoms with Crippen molar-refractivity contribution in [3.63, 3.8) is 0 Å². The summed E-state index contributed by atoms with van der Waals surface area (Å²) in [7, 11) is 1.78. The third-order valence-electron chi connectivity index (χ3n) is 4.33. The zero-order valence-electron chi connectivity index (χ0n) is 14.4. The van der Waals surface area contributed by atoms with Crippen LogP contribution >= 0.6 is 0 Å². The Labute approximate surface area is 138 Å². The summed E-state index contributed by atoms with van der Waals surface area (Å²) < 4.78 is 0. The number of carbonyl (C=O) groups is 2. The first kappa shape index (κ1) is 17.4. The van der Waals surface area contributed by atoms with Gasteiger partial charge in [0.2, 0.25) is 0 Å². The lowest BCUT2D eigenvalue weighted by molar-refractivity contribution is 0.0676. The maximum Gasteiger partial charge on any atom is 0.272 e. The van der Waals surface area contributed by atoms with Crippen molar-refractivity contribution >= 4 is 11.8 Å². The molecule has 1 saturated heterocycles. The Hall–Kier alpha value is -1.91. The third kappa shape index (κ3) is 4.53. The molecule has 0 aliphatic carbocycles. The van der Waals surface area contributed by atoms with Crippen molar-refractivity contribution in [1.29, 1.82) is 0 Å². The van der Waals surface area contributed by atoms with E-state index in [4.69, 9.17) is 0 Å². The molecule has 1 aromatic rings. The average molecular weight is 317 g/mol. The number of pyridine rings is 1. The molecule has 5 nitrogen and oxygen atoms in total. The van der Waals surface area contributed by atoms with Gasteiger partial charge < -0.3 is 9.80 Å². The molecular weight excluding hydrogens is 290 g/mol. The predicted molar refractivity (Wildman–Crippen MR) is 90.4 cm³/mol. The lowest BCUT2D eigenvalue weighted by Crippen LogP contribution is -2.39. The largest absolute Gasteiger partial charge is 0.340 e. The zero-order valence-corrected chi connectivity index (χ0v) is 14.4. The molecule has 1 unspecified atom stereocenters. The molecule has 0 N–H and O–H groups in total. The summed E-state index contributed by atoms with van der Waals surface area (Å²) in [6.45, 7) is 6.51. The highest BCUT2D eigenvalue weighted by molar-refractivity contribution is 5.96. The van der Waals surface area contributed by atoms with Crippen LogP contribution in [0.5, 0.6) is 0 Å². The Bertz CT molecular complexity index is 559. The minimum absolute atomic E-state index is 0.0672. The molecule has 2 amide bonds. The van der Waals surface area contributed by atoms with Gasteiger partial charge in [-0.2, -0.15) is 0 Å². The first-order valence-corrected chi connectivity index (χ1v) is 8.54. The highest BCUT2D eigenvalue weighted by atomic mass is 16.2. The number of hydrogen-bond acceptors (Lipinski definition) is 3. The van der Waals surface area contributed by atoms with E-state index in [9.17, 15) is 9.59 Å². The maximum atomic E-state index is 12.6. The van der Waals surface area contributed by atoms with Crippen molar-refractivity contribution in [2.75, 3.05) is 26.7 Å². The van der Waals surface area contributed by atoms with Gasteiger partial charge in [0, 0.05) is 26.7 Å². The maximum absolute atomic E-state index is 12.6. The Morgan fingerprint density at radius 3 is 2.78 bits per heavy atom. The van der Waals surface area contributed by atoms with Crippen LogP contribution in [0.3, 0.4) is 0 Å². The van der Waals surface area contributed by atoms with Crippen LogP contribution in [0.4, 0.5) is 0 Å². The second-order valence-electron chi connectivity index (χ2n) is 6.49. The number of rotatable bonds is 5. The van der Waals surface area contributed by atoms with E-state index in [1.165, 1.54) is 0 Å². The molecule has 1 aliphatic rings. The Morgan fingerprint density at radius 2 is 2.09 bits per heavy atom. The molecule has 0 aromatic carbocycles. The fraction of sp³-hybridized carbons (Fsp3) is 0.611. The molecule has 0 radical (unpaired) electrons. The van der Waals surface area contributed by atoms with Crippen molar-refractivity contribution < 1.29 is 9.59 Å².